The maximum absolute atomic E-state index is 13.2. The molecule has 3 N–H and O–H groups in total. The van der Waals surface area contributed by atoms with Crippen LogP contribution in [-0.2, 0) is 40.3 Å². The Morgan fingerprint density at radius 2 is 1.23 bits per heavy atom. The molecule has 5 aromatic rings. The van der Waals surface area contributed by atoms with Crippen molar-refractivity contribution in [3.8, 4) is 11.5 Å². The molecule has 1 saturated heterocycles. The molecule has 2 aromatic carbocycles. The van der Waals surface area contributed by atoms with Crippen LogP contribution in [0.2, 0.25) is 0 Å². The molecule has 0 atom stereocenters. The monoisotopic (exact) mass is 777 g/mol. The fourth-order valence-corrected chi connectivity index (χ4v) is 7.94. The first kappa shape index (κ1) is 38.3. The highest BCUT2D eigenvalue weighted by Crippen LogP contribution is 2.34. The number of carbonyl (C=O) groups excluding carboxylic acids is 1. The summed E-state index contributed by atoms with van der Waals surface area (Å²) in [6, 6.07) is 13.5. The second kappa shape index (κ2) is 17.3. The van der Waals surface area contributed by atoms with Crippen LogP contribution in [0.25, 0.3) is 32.8 Å². The SMILES string of the molecule is O=C(O)CN1CCN(CC(=O)NCc2ccc3c(c2)OCO3)CCN(CC(=O)O)CCN(Cc2ccc3c(n2)c2ncccc2c2nc4c(nc32)CCCC4)CC1. The van der Waals surface area contributed by atoms with Crippen molar-refractivity contribution in [2.24, 2.45) is 0 Å². The average Bonchev–Trinajstić information content (AvgIpc) is 3.68. The first-order chi connectivity index (χ1) is 27.8. The van der Waals surface area contributed by atoms with E-state index in [0.717, 1.165) is 81.2 Å². The average molecular weight is 778 g/mol. The van der Waals surface area contributed by atoms with E-state index in [2.05, 4.69) is 16.3 Å². The number of aromatic nitrogens is 4. The molecule has 1 aliphatic carbocycles. The Hall–Kier alpha value is -5.55. The van der Waals surface area contributed by atoms with Gasteiger partial charge in [-0.15, -0.1) is 0 Å². The van der Waals surface area contributed by atoms with Gasteiger partial charge in [0.15, 0.2) is 11.5 Å². The predicted octanol–water partition coefficient (Wildman–Crippen LogP) is 2.54. The zero-order valence-corrected chi connectivity index (χ0v) is 31.9. The number of nitrogens with one attached hydrogen (secondary N) is 1. The lowest BCUT2D eigenvalue weighted by atomic mass is 9.99. The first-order valence-electron chi connectivity index (χ1n) is 19.6. The minimum absolute atomic E-state index is 0.0824. The van der Waals surface area contributed by atoms with Gasteiger partial charge < -0.3 is 25.0 Å². The third-order valence-corrected chi connectivity index (χ3v) is 11.0. The summed E-state index contributed by atoms with van der Waals surface area (Å²) in [5.41, 5.74) is 7.03. The van der Waals surface area contributed by atoms with E-state index in [0.29, 0.717) is 76.9 Å². The van der Waals surface area contributed by atoms with Crippen LogP contribution in [0.1, 0.15) is 35.5 Å². The van der Waals surface area contributed by atoms with Crippen molar-refractivity contribution in [2.75, 3.05) is 78.8 Å². The minimum Gasteiger partial charge on any atom is -0.480 e. The highest BCUT2D eigenvalue weighted by atomic mass is 16.7. The van der Waals surface area contributed by atoms with Gasteiger partial charge in [-0.05, 0) is 67.6 Å². The summed E-state index contributed by atoms with van der Waals surface area (Å²) < 4.78 is 10.8. The van der Waals surface area contributed by atoms with Crippen molar-refractivity contribution in [3.05, 3.63) is 71.3 Å². The van der Waals surface area contributed by atoms with Gasteiger partial charge >= 0.3 is 11.9 Å². The first-order valence-corrected chi connectivity index (χ1v) is 19.6. The fraction of sp³-hybridized carbons (Fsp3) is 0.439. The molecule has 16 nitrogen and oxygen atoms in total. The summed E-state index contributed by atoms with van der Waals surface area (Å²) in [6.07, 6.45) is 5.83. The molecule has 16 heteroatoms. The number of fused-ring (bicyclic) bond motifs is 8. The van der Waals surface area contributed by atoms with Crippen LogP contribution in [0.15, 0.2) is 48.7 Å². The number of hydrogen-bond acceptors (Lipinski definition) is 13. The van der Waals surface area contributed by atoms with E-state index in [4.69, 9.17) is 29.4 Å². The standard InChI is InChI=1S/C41H47N9O7/c51-35(43-21-27-7-10-33-34(20-27)57-26-56-33)23-48-14-18-49(24-36(52)53)16-12-47(13-17-50(19-15-48)25-37(54)55)22-28-8-9-30-39(44-28)38-29(4-3-11-42-38)40-41(30)46-32-6-2-1-5-31(32)45-40/h3-4,7-11,20H,1-2,5-6,12-19,21-26H2,(H,43,51)(H,52,53)(H,54,55). The third kappa shape index (κ3) is 9.20. The summed E-state index contributed by atoms with van der Waals surface area (Å²) in [5, 5.41) is 24.4. The number of ether oxygens (including phenoxy) is 2. The van der Waals surface area contributed by atoms with E-state index in [-0.39, 0.29) is 32.3 Å². The largest absolute Gasteiger partial charge is 0.480 e. The molecule has 57 heavy (non-hydrogen) atoms. The molecule has 3 aliphatic rings. The normalized spacial score (nSPS) is 17.6. The lowest BCUT2D eigenvalue weighted by molar-refractivity contribution is -0.139. The summed E-state index contributed by atoms with van der Waals surface area (Å²) in [6.45, 7) is 4.39. The van der Waals surface area contributed by atoms with Gasteiger partial charge in [0.05, 0.1) is 58.8 Å². The Kier molecular flexibility index (Phi) is 11.6. The Balaban J connectivity index is 0.995. The van der Waals surface area contributed by atoms with Crippen molar-refractivity contribution in [2.45, 2.75) is 38.8 Å². The lowest BCUT2D eigenvalue weighted by Gasteiger charge is -2.33. The molecule has 0 spiro atoms. The van der Waals surface area contributed by atoms with Crippen LogP contribution in [-0.4, -0.2) is 146 Å². The second-order valence-electron chi connectivity index (χ2n) is 15.0. The highest BCUT2D eigenvalue weighted by Gasteiger charge is 2.23. The van der Waals surface area contributed by atoms with Crippen LogP contribution < -0.4 is 14.8 Å². The molecule has 0 bridgehead atoms. The number of hydrogen-bond donors (Lipinski definition) is 3. The molecule has 8 rings (SSSR count). The minimum atomic E-state index is -0.929. The molecule has 3 aromatic heterocycles. The van der Waals surface area contributed by atoms with Crippen LogP contribution in [0.4, 0.5) is 0 Å². The third-order valence-electron chi connectivity index (χ3n) is 11.0. The van der Waals surface area contributed by atoms with Gasteiger partial charge in [0, 0.05) is 82.4 Å². The van der Waals surface area contributed by atoms with Crippen molar-refractivity contribution in [1.82, 2.24) is 44.9 Å². The highest BCUT2D eigenvalue weighted by molar-refractivity contribution is 6.20. The van der Waals surface area contributed by atoms with E-state index in [1.54, 1.807) is 6.20 Å². The number of benzene rings is 2. The summed E-state index contributed by atoms with van der Waals surface area (Å²) in [4.78, 5) is 65.2. The Morgan fingerprint density at radius 1 is 0.649 bits per heavy atom. The number of aliphatic carboxylic acids is 2. The molecule has 1 fully saturated rings. The molecular formula is C41H47N9O7. The van der Waals surface area contributed by atoms with Crippen molar-refractivity contribution >= 4 is 50.7 Å². The van der Waals surface area contributed by atoms with Gasteiger partial charge in [0.1, 0.15) is 0 Å². The fourth-order valence-electron chi connectivity index (χ4n) is 7.94. The zero-order valence-electron chi connectivity index (χ0n) is 31.9. The van der Waals surface area contributed by atoms with Crippen LogP contribution in [0.3, 0.4) is 0 Å². The van der Waals surface area contributed by atoms with Crippen molar-refractivity contribution < 1.29 is 34.1 Å². The van der Waals surface area contributed by atoms with E-state index < -0.39 is 11.9 Å². The number of rotatable bonds is 10. The van der Waals surface area contributed by atoms with Crippen LogP contribution in [0, 0.1) is 0 Å². The number of amides is 1. The van der Waals surface area contributed by atoms with Crippen LogP contribution in [0.5, 0.6) is 11.5 Å². The summed E-state index contributed by atoms with van der Waals surface area (Å²) >= 11 is 0. The van der Waals surface area contributed by atoms with Gasteiger partial charge in [-0.3, -0.25) is 39.0 Å². The van der Waals surface area contributed by atoms with E-state index in [9.17, 15) is 24.6 Å². The summed E-state index contributed by atoms with van der Waals surface area (Å²) in [5.74, 6) is -0.738. The molecule has 298 valence electrons. The molecule has 0 saturated carbocycles. The quantitative estimate of drug-likeness (QED) is 0.176. The van der Waals surface area contributed by atoms with E-state index in [1.165, 1.54) is 0 Å². The molecule has 1 amide bonds. The van der Waals surface area contributed by atoms with Crippen molar-refractivity contribution in [3.63, 3.8) is 0 Å². The molecular weight excluding hydrogens is 731 g/mol. The number of carbonyl (C=O) groups is 3. The number of aryl methyl sites for hydroxylation is 2. The van der Waals surface area contributed by atoms with Gasteiger partial charge in [-0.1, -0.05) is 6.07 Å². The molecule has 2 aliphatic heterocycles. The molecule has 0 radical (unpaired) electrons. The van der Waals surface area contributed by atoms with Gasteiger partial charge in [0.25, 0.3) is 0 Å². The number of carboxylic acid groups (broad SMARTS) is 2. The van der Waals surface area contributed by atoms with Gasteiger partial charge in [-0.2, -0.15) is 0 Å². The maximum atomic E-state index is 13.2. The van der Waals surface area contributed by atoms with E-state index >= 15 is 0 Å². The zero-order chi connectivity index (χ0) is 39.3. The maximum Gasteiger partial charge on any atom is 0.317 e. The Bertz CT molecular complexity index is 2270. The smallest absolute Gasteiger partial charge is 0.317 e. The van der Waals surface area contributed by atoms with Crippen molar-refractivity contribution in [1.29, 1.82) is 0 Å². The van der Waals surface area contributed by atoms with E-state index in [1.807, 2.05) is 51.1 Å². The Labute approximate surface area is 329 Å². The van der Waals surface area contributed by atoms with Gasteiger partial charge in [-0.25, -0.2) is 15.0 Å². The number of pyridine rings is 2. The topological polar surface area (TPSA) is 187 Å². The Morgan fingerprint density at radius 3 is 1.88 bits per heavy atom. The molecule has 0 unspecified atom stereocenters. The number of carboxylic acids is 2. The van der Waals surface area contributed by atoms with Gasteiger partial charge in [0.2, 0.25) is 12.7 Å². The lowest BCUT2D eigenvalue weighted by Crippen LogP contribution is -2.49. The molecule has 5 heterocycles. The van der Waals surface area contributed by atoms with Crippen LogP contribution >= 0.6 is 0 Å². The number of nitrogens with zero attached hydrogens (tertiary/aromatic N) is 8. The second-order valence-corrected chi connectivity index (χ2v) is 15.0. The summed E-state index contributed by atoms with van der Waals surface area (Å²) in [7, 11) is 0. The predicted molar refractivity (Wildman–Crippen MR) is 211 cm³/mol.